The van der Waals surface area contributed by atoms with E-state index >= 15 is 0 Å². The number of hydrogen-bond donors (Lipinski definition) is 3. The Morgan fingerprint density at radius 1 is 1.08 bits per heavy atom. The lowest BCUT2D eigenvalue weighted by atomic mass is 10.2. The first-order valence-electron chi connectivity index (χ1n) is 7.31. The zero-order chi connectivity index (χ0) is 16.7. The Balaban J connectivity index is 1.85. The molecule has 3 aromatic heterocycles. The molecular weight excluding hydrogens is 308 g/mol. The summed E-state index contributed by atoms with van der Waals surface area (Å²) in [6.07, 6.45) is 1.43. The molecule has 0 bridgehead atoms. The normalized spacial score (nSPS) is 11.2. The highest BCUT2D eigenvalue weighted by Crippen LogP contribution is 2.33. The largest absolute Gasteiger partial charge is 0.493 e. The molecule has 3 heterocycles. The third-order valence-corrected chi connectivity index (χ3v) is 3.81. The number of aromatic amines is 1. The fourth-order valence-corrected chi connectivity index (χ4v) is 2.77. The maximum atomic E-state index is 10.00. The first-order valence-corrected chi connectivity index (χ1v) is 7.31. The Morgan fingerprint density at radius 3 is 2.67 bits per heavy atom. The second-order valence-electron chi connectivity index (χ2n) is 5.46. The van der Waals surface area contributed by atoms with Gasteiger partial charge in [-0.15, -0.1) is 0 Å². The minimum Gasteiger partial charge on any atom is -0.493 e. The van der Waals surface area contributed by atoms with Crippen LogP contribution in [0.2, 0.25) is 0 Å². The quantitative estimate of drug-likeness (QED) is 0.528. The standard InChI is InChI=1S/C16H14N6O2/c1-22(7-9-5-3-2-4-6-9)14-12-11(17-8-18-14)10-13(19-12)20-16(24)21-15(10)23/h2-6,8H,7H2,1H3,(H3,19,20,21,23,24). The number of anilines is 1. The molecule has 1 aromatic carbocycles. The molecule has 0 aliphatic heterocycles. The summed E-state index contributed by atoms with van der Waals surface area (Å²) in [6.45, 7) is 0.658. The van der Waals surface area contributed by atoms with Crippen molar-refractivity contribution in [3.05, 3.63) is 42.2 Å². The third kappa shape index (κ3) is 2.24. The predicted octanol–water partition coefficient (Wildman–Crippen LogP) is 1.95. The van der Waals surface area contributed by atoms with Crippen molar-refractivity contribution in [1.29, 1.82) is 0 Å². The molecule has 8 heteroatoms. The summed E-state index contributed by atoms with van der Waals surface area (Å²) >= 11 is 0. The van der Waals surface area contributed by atoms with Crippen LogP contribution in [0.3, 0.4) is 0 Å². The number of benzene rings is 1. The van der Waals surface area contributed by atoms with Crippen molar-refractivity contribution in [2.24, 2.45) is 0 Å². The summed E-state index contributed by atoms with van der Waals surface area (Å²) < 4.78 is 0. The first-order chi connectivity index (χ1) is 11.6. The van der Waals surface area contributed by atoms with Gasteiger partial charge in [-0.1, -0.05) is 30.3 Å². The third-order valence-electron chi connectivity index (χ3n) is 3.81. The van der Waals surface area contributed by atoms with Gasteiger partial charge in [0.2, 0.25) is 5.88 Å². The van der Waals surface area contributed by atoms with Crippen molar-refractivity contribution >= 4 is 27.9 Å². The van der Waals surface area contributed by atoms with Gasteiger partial charge >= 0.3 is 6.01 Å². The number of fused-ring (bicyclic) bond motifs is 3. The van der Waals surface area contributed by atoms with Crippen LogP contribution >= 0.6 is 0 Å². The van der Waals surface area contributed by atoms with Gasteiger partial charge in [-0.05, 0) is 5.56 Å². The zero-order valence-corrected chi connectivity index (χ0v) is 12.8. The molecule has 0 saturated heterocycles. The molecule has 0 aliphatic rings. The van der Waals surface area contributed by atoms with Crippen LogP contribution in [0.5, 0.6) is 11.9 Å². The van der Waals surface area contributed by atoms with E-state index in [2.05, 4.69) is 24.9 Å². The van der Waals surface area contributed by atoms with Crippen LogP contribution < -0.4 is 4.90 Å². The Hall–Kier alpha value is -3.42. The Kier molecular flexibility index (Phi) is 3.16. The molecular formula is C16H14N6O2. The molecule has 0 fully saturated rings. The smallest absolute Gasteiger partial charge is 0.319 e. The van der Waals surface area contributed by atoms with Crippen LogP contribution in [0.25, 0.3) is 22.1 Å². The van der Waals surface area contributed by atoms with E-state index in [-0.39, 0.29) is 5.88 Å². The van der Waals surface area contributed by atoms with Gasteiger partial charge in [-0.25, -0.2) is 9.97 Å². The lowest BCUT2D eigenvalue weighted by Gasteiger charge is -2.18. The van der Waals surface area contributed by atoms with Crippen LogP contribution in [-0.4, -0.2) is 42.2 Å². The number of nitrogens with one attached hydrogen (secondary N) is 1. The van der Waals surface area contributed by atoms with Crippen molar-refractivity contribution < 1.29 is 10.2 Å². The van der Waals surface area contributed by atoms with E-state index in [0.717, 1.165) is 5.56 Å². The topological polar surface area (TPSA) is 111 Å². The van der Waals surface area contributed by atoms with Crippen molar-refractivity contribution in [1.82, 2.24) is 24.9 Å². The molecule has 0 aliphatic carbocycles. The van der Waals surface area contributed by atoms with E-state index in [1.165, 1.54) is 6.33 Å². The highest BCUT2D eigenvalue weighted by Gasteiger charge is 2.18. The van der Waals surface area contributed by atoms with E-state index < -0.39 is 6.01 Å². The molecule has 0 amide bonds. The molecule has 0 saturated carbocycles. The summed E-state index contributed by atoms with van der Waals surface area (Å²) in [7, 11) is 1.92. The lowest BCUT2D eigenvalue weighted by Crippen LogP contribution is -2.18. The predicted molar refractivity (Wildman–Crippen MR) is 88.9 cm³/mol. The van der Waals surface area contributed by atoms with Crippen LogP contribution in [-0.2, 0) is 6.54 Å². The average Bonchev–Trinajstić information content (AvgIpc) is 2.93. The lowest BCUT2D eigenvalue weighted by molar-refractivity contribution is 0.403. The minimum absolute atomic E-state index is 0.310. The Labute approximate surface area is 136 Å². The monoisotopic (exact) mass is 322 g/mol. The molecule has 120 valence electrons. The Morgan fingerprint density at radius 2 is 1.88 bits per heavy atom. The number of aromatic hydroxyl groups is 2. The average molecular weight is 322 g/mol. The summed E-state index contributed by atoms with van der Waals surface area (Å²) in [5.74, 6) is 0.347. The van der Waals surface area contributed by atoms with E-state index in [1.54, 1.807) is 0 Å². The van der Waals surface area contributed by atoms with Crippen molar-refractivity contribution in [3.8, 4) is 11.9 Å². The fraction of sp³-hybridized carbons (Fsp3) is 0.125. The maximum Gasteiger partial charge on any atom is 0.319 e. The van der Waals surface area contributed by atoms with Crippen LogP contribution in [0.1, 0.15) is 5.56 Å². The zero-order valence-electron chi connectivity index (χ0n) is 12.8. The van der Waals surface area contributed by atoms with E-state index in [9.17, 15) is 10.2 Å². The van der Waals surface area contributed by atoms with Gasteiger partial charge in [0.1, 0.15) is 22.7 Å². The van der Waals surface area contributed by atoms with E-state index in [0.29, 0.717) is 34.4 Å². The summed E-state index contributed by atoms with van der Waals surface area (Å²) in [4.78, 5) is 21.1. The second-order valence-corrected chi connectivity index (χ2v) is 5.46. The van der Waals surface area contributed by atoms with Crippen molar-refractivity contribution in [2.75, 3.05) is 11.9 Å². The van der Waals surface area contributed by atoms with Crippen LogP contribution in [0, 0.1) is 0 Å². The number of hydrogen-bond acceptors (Lipinski definition) is 7. The van der Waals surface area contributed by atoms with Gasteiger partial charge in [0, 0.05) is 13.6 Å². The fourth-order valence-electron chi connectivity index (χ4n) is 2.77. The molecule has 24 heavy (non-hydrogen) atoms. The van der Waals surface area contributed by atoms with Crippen molar-refractivity contribution in [2.45, 2.75) is 6.54 Å². The minimum atomic E-state index is -0.501. The molecule has 0 unspecified atom stereocenters. The first kappa shape index (κ1) is 14.2. The molecule has 0 radical (unpaired) electrons. The van der Waals surface area contributed by atoms with Gasteiger partial charge in [-0.3, -0.25) is 0 Å². The summed E-state index contributed by atoms with van der Waals surface area (Å²) in [6, 6.07) is 9.51. The Bertz CT molecular complexity index is 1030. The molecule has 0 spiro atoms. The maximum absolute atomic E-state index is 10.00. The van der Waals surface area contributed by atoms with Gasteiger partial charge in [0.15, 0.2) is 11.5 Å². The highest BCUT2D eigenvalue weighted by molar-refractivity contribution is 6.09. The molecule has 3 N–H and O–H groups in total. The molecule has 8 nitrogen and oxygen atoms in total. The van der Waals surface area contributed by atoms with Gasteiger partial charge < -0.3 is 20.1 Å². The number of nitrogens with zero attached hydrogens (tertiary/aromatic N) is 5. The number of rotatable bonds is 3. The SMILES string of the molecule is CN(Cc1ccccc1)c1ncnc2c1[nH]c1nc(O)nc(O)c12. The molecule has 4 rings (SSSR count). The van der Waals surface area contributed by atoms with E-state index in [1.807, 2.05) is 42.3 Å². The van der Waals surface area contributed by atoms with Crippen LogP contribution in [0.15, 0.2) is 36.7 Å². The van der Waals surface area contributed by atoms with Crippen molar-refractivity contribution in [3.63, 3.8) is 0 Å². The number of H-pyrrole nitrogens is 1. The molecule has 4 aromatic rings. The van der Waals surface area contributed by atoms with E-state index in [4.69, 9.17) is 0 Å². The van der Waals surface area contributed by atoms with Gasteiger partial charge in [0.25, 0.3) is 0 Å². The van der Waals surface area contributed by atoms with Crippen LogP contribution in [0.4, 0.5) is 5.82 Å². The number of aromatic nitrogens is 5. The molecule has 0 atom stereocenters. The second kappa shape index (κ2) is 5.34. The summed E-state index contributed by atoms with van der Waals surface area (Å²) in [5.41, 5.74) is 2.58. The van der Waals surface area contributed by atoms with Gasteiger partial charge in [-0.2, -0.15) is 9.97 Å². The summed E-state index contributed by atoms with van der Waals surface area (Å²) in [5, 5.41) is 19.8. The highest BCUT2D eigenvalue weighted by atomic mass is 16.3. The van der Waals surface area contributed by atoms with Gasteiger partial charge in [0.05, 0.1) is 0 Å².